The van der Waals surface area contributed by atoms with Gasteiger partial charge in [-0.05, 0) is 84.5 Å². The maximum Gasteiger partial charge on any atom is 0.162 e. The minimum atomic E-state index is -1.21. The topological polar surface area (TPSA) is 42.2 Å². The van der Waals surface area contributed by atoms with Gasteiger partial charge in [0.25, 0.3) is 0 Å². The molecule has 9 heteroatoms. The normalized spacial score (nSPS) is 10.8. The van der Waals surface area contributed by atoms with E-state index in [0.717, 1.165) is 37.1 Å². The zero-order valence-electron chi connectivity index (χ0n) is 20.4. The Hall–Kier alpha value is -4.45. The van der Waals surface area contributed by atoms with Gasteiger partial charge in [-0.1, -0.05) is 12.1 Å². The largest absolute Gasteiger partial charge is 0.494 e. The highest BCUT2D eigenvalue weighted by Gasteiger charge is 2.18. The molecule has 0 bridgehead atoms. The predicted molar refractivity (Wildman–Crippen MR) is 133 cm³/mol. The van der Waals surface area contributed by atoms with Crippen molar-refractivity contribution in [3.8, 4) is 39.8 Å². The van der Waals surface area contributed by atoms with Crippen LogP contribution < -0.4 is 9.47 Å². The van der Waals surface area contributed by atoms with Gasteiger partial charge in [0.05, 0.1) is 18.8 Å². The van der Waals surface area contributed by atoms with Gasteiger partial charge in [-0.25, -0.2) is 26.3 Å². The molecule has 0 aromatic heterocycles. The molecule has 0 fully saturated rings. The molecule has 0 aliphatic rings. The van der Waals surface area contributed by atoms with Gasteiger partial charge in [0.1, 0.15) is 46.4 Å². The second-order valence-electron chi connectivity index (χ2n) is 8.60. The van der Waals surface area contributed by atoms with E-state index in [0.29, 0.717) is 43.1 Å². The lowest BCUT2D eigenvalue weighted by Crippen LogP contribution is -2.01. The summed E-state index contributed by atoms with van der Waals surface area (Å²) in [5, 5.41) is 8.78. The van der Waals surface area contributed by atoms with Crippen LogP contribution in [0.5, 0.6) is 11.5 Å². The van der Waals surface area contributed by atoms with E-state index in [1.807, 2.05) is 0 Å². The Labute approximate surface area is 220 Å². The minimum Gasteiger partial charge on any atom is -0.494 e. The van der Waals surface area contributed by atoms with Crippen LogP contribution >= 0.6 is 0 Å². The first-order valence-electron chi connectivity index (χ1n) is 12.0. The standard InChI is InChI=1S/C30H21F6NO2/c31-24-9-8-22(16-27(24)34)39-11-3-1-2-10-38-21-6-4-18(5-7-21)19-12-28(35)30(29(36)13-19)20-14-25(32)23(17-37)26(33)15-20/h4-9,12-16H,1-3,10-11H2. The lowest BCUT2D eigenvalue weighted by molar-refractivity contribution is 0.278. The summed E-state index contributed by atoms with van der Waals surface area (Å²) in [6, 6.07) is 14.8. The minimum absolute atomic E-state index is 0.218. The molecule has 0 saturated heterocycles. The molecular weight excluding hydrogens is 520 g/mol. The third-order valence-corrected chi connectivity index (χ3v) is 5.89. The molecule has 0 aliphatic heterocycles. The SMILES string of the molecule is N#Cc1c(F)cc(-c2c(F)cc(-c3ccc(OCCCCCOc4ccc(F)c(F)c4)cc3)cc2F)cc1F. The number of ether oxygens (including phenoxy) is 2. The second-order valence-corrected chi connectivity index (χ2v) is 8.60. The van der Waals surface area contributed by atoms with Gasteiger partial charge in [0.15, 0.2) is 11.6 Å². The summed E-state index contributed by atoms with van der Waals surface area (Å²) in [5.74, 6) is -5.52. The van der Waals surface area contributed by atoms with Crippen LogP contribution in [0.15, 0.2) is 66.7 Å². The summed E-state index contributed by atoms with van der Waals surface area (Å²) in [4.78, 5) is 0. The third-order valence-electron chi connectivity index (χ3n) is 5.89. The van der Waals surface area contributed by atoms with Gasteiger partial charge in [-0.15, -0.1) is 0 Å². The Balaban J connectivity index is 1.30. The van der Waals surface area contributed by atoms with Crippen molar-refractivity contribution in [2.45, 2.75) is 19.3 Å². The molecule has 0 N–H and O–H groups in total. The lowest BCUT2D eigenvalue weighted by atomic mass is 9.97. The van der Waals surface area contributed by atoms with E-state index in [-0.39, 0.29) is 16.9 Å². The van der Waals surface area contributed by atoms with Gasteiger partial charge >= 0.3 is 0 Å². The number of hydrogen-bond acceptors (Lipinski definition) is 3. The van der Waals surface area contributed by atoms with Gasteiger partial charge in [0, 0.05) is 6.07 Å². The molecular formula is C30H21F6NO2. The van der Waals surface area contributed by atoms with Crippen LogP contribution in [0.4, 0.5) is 26.3 Å². The van der Waals surface area contributed by atoms with Crippen molar-refractivity contribution in [1.29, 1.82) is 5.26 Å². The molecule has 200 valence electrons. The van der Waals surface area contributed by atoms with Crippen LogP contribution in [0, 0.1) is 46.2 Å². The van der Waals surface area contributed by atoms with Crippen LogP contribution in [0.3, 0.4) is 0 Å². The molecule has 3 nitrogen and oxygen atoms in total. The van der Waals surface area contributed by atoms with Crippen LogP contribution in [-0.2, 0) is 0 Å². The number of hydrogen-bond donors (Lipinski definition) is 0. The van der Waals surface area contributed by atoms with E-state index in [1.54, 1.807) is 24.3 Å². The molecule has 4 aromatic carbocycles. The monoisotopic (exact) mass is 541 g/mol. The molecule has 0 atom stereocenters. The summed E-state index contributed by atoms with van der Waals surface area (Å²) in [6.07, 6.45) is 2.19. The highest BCUT2D eigenvalue weighted by molar-refractivity contribution is 5.72. The Morgan fingerprint density at radius 3 is 1.62 bits per heavy atom. The summed E-state index contributed by atoms with van der Waals surface area (Å²) >= 11 is 0. The summed E-state index contributed by atoms with van der Waals surface area (Å²) in [5.41, 5.74) is -1.07. The van der Waals surface area contributed by atoms with Gasteiger partial charge in [-0.3, -0.25) is 0 Å². The van der Waals surface area contributed by atoms with Crippen LogP contribution in [0.25, 0.3) is 22.3 Å². The van der Waals surface area contributed by atoms with E-state index < -0.39 is 46.0 Å². The third kappa shape index (κ3) is 6.71. The number of nitriles is 1. The van der Waals surface area contributed by atoms with E-state index >= 15 is 0 Å². The summed E-state index contributed by atoms with van der Waals surface area (Å²) in [7, 11) is 0. The molecule has 0 saturated carbocycles. The lowest BCUT2D eigenvalue weighted by Gasteiger charge is -2.11. The highest BCUT2D eigenvalue weighted by Crippen LogP contribution is 2.33. The molecule has 0 heterocycles. The summed E-state index contributed by atoms with van der Waals surface area (Å²) in [6.45, 7) is 0.765. The van der Waals surface area contributed by atoms with E-state index in [4.69, 9.17) is 14.7 Å². The van der Waals surface area contributed by atoms with Gasteiger partial charge in [0.2, 0.25) is 0 Å². The Morgan fingerprint density at radius 1 is 0.513 bits per heavy atom. The zero-order chi connectivity index (χ0) is 27.9. The molecule has 0 radical (unpaired) electrons. The number of unbranched alkanes of at least 4 members (excludes halogenated alkanes) is 2. The van der Waals surface area contributed by atoms with Crippen LogP contribution in [-0.4, -0.2) is 13.2 Å². The number of halogens is 6. The van der Waals surface area contributed by atoms with Crippen LogP contribution in [0.1, 0.15) is 24.8 Å². The van der Waals surface area contributed by atoms with Crippen molar-refractivity contribution in [3.63, 3.8) is 0 Å². The molecule has 4 aromatic rings. The average Bonchev–Trinajstić information content (AvgIpc) is 2.90. The van der Waals surface area contributed by atoms with Crippen molar-refractivity contribution in [2.24, 2.45) is 0 Å². The number of rotatable bonds is 10. The zero-order valence-corrected chi connectivity index (χ0v) is 20.4. The molecule has 39 heavy (non-hydrogen) atoms. The van der Waals surface area contributed by atoms with Gasteiger partial charge in [-0.2, -0.15) is 5.26 Å². The molecule has 0 aliphatic carbocycles. The average molecular weight is 541 g/mol. The maximum absolute atomic E-state index is 14.8. The molecule has 0 unspecified atom stereocenters. The van der Waals surface area contributed by atoms with Crippen molar-refractivity contribution in [2.75, 3.05) is 13.2 Å². The fraction of sp³-hybridized carbons (Fsp3) is 0.167. The smallest absolute Gasteiger partial charge is 0.162 e. The van der Waals surface area contributed by atoms with E-state index in [2.05, 4.69) is 0 Å². The van der Waals surface area contributed by atoms with Crippen molar-refractivity contribution in [1.82, 2.24) is 0 Å². The summed E-state index contributed by atoms with van der Waals surface area (Å²) < 4.78 is 94.7. The van der Waals surface area contributed by atoms with E-state index in [9.17, 15) is 26.3 Å². The molecule has 0 spiro atoms. The Morgan fingerprint density at radius 2 is 1.05 bits per heavy atom. The quantitative estimate of drug-likeness (QED) is 0.150. The fourth-order valence-corrected chi connectivity index (χ4v) is 3.91. The van der Waals surface area contributed by atoms with Crippen LogP contribution in [0.2, 0.25) is 0 Å². The van der Waals surface area contributed by atoms with Gasteiger partial charge < -0.3 is 9.47 Å². The maximum atomic E-state index is 14.8. The first kappa shape index (κ1) is 27.6. The first-order valence-corrected chi connectivity index (χ1v) is 12.0. The Bertz CT molecular complexity index is 1470. The highest BCUT2D eigenvalue weighted by atomic mass is 19.2. The Kier molecular flexibility index (Phi) is 8.77. The first-order chi connectivity index (χ1) is 18.8. The van der Waals surface area contributed by atoms with Crippen molar-refractivity contribution in [3.05, 3.63) is 107 Å². The number of benzene rings is 4. The number of nitrogens with zero attached hydrogens (tertiary/aromatic N) is 1. The molecule has 4 rings (SSSR count). The van der Waals surface area contributed by atoms with Crippen molar-refractivity contribution >= 4 is 0 Å². The van der Waals surface area contributed by atoms with E-state index in [1.165, 1.54) is 12.1 Å². The second kappa shape index (κ2) is 12.4. The van der Waals surface area contributed by atoms with Crippen molar-refractivity contribution < 1.29 is 35.8 Å². The fourth-order valence-electron chi connectivity index (χ4n) is 3.91. The predicted octanol–water partition coefficient (Wildman–Crippen LogP) is 8.35. The molecule has 0 amide bonds.